The van der Waals surface area contributed by atoms with Crippen molar-refractivity contribution in [1.29, 1.82) is 0 Å². The van der Waals surface area contributed by atoms with Crippen LogP contribution in [0, 0.1) is 0 Å². The summed E-state index contributed by atoms with van der Waals surface area (Å²) >= 11 is 1.54. The van der Waals surface area contributed by atoms with Crippen LogP contribution in [-0.4, -0.2) is 31.7 Å². The van der Waals surface area contributed by atoms with Gasteiger partial charge in [-0.05, 0) is 36.4 Å². The Kier molecular flexibility index (Phi) is 7.09. The van der Waals surface area contributed by atoms with Crippen molar-refractivity contribution in [1.82, 2.24) is 4.31 Å². The number of nitrogens with one attached hydrogen (secondary N) is 1. The van der Waals surface area contributed by atoms with Gasteiger partial charge in [0.15, 0.2) is 0 Å². The molecule has 1 amide bonds. The minimum Gasteiger partial charge on any atom is -0.324 e. The molecular formula is C22H22N2O3S2. The quantitative estimate of drug-likeness (QED) is 0.576. The van der Waals surface area contributed by atoms with Crippen LogP contribution in [0.1, 0.15) is 6.92 Å². The zero-order valence-corrected chi connectivity index (χ0v) is 17.6. The Morgan fingerprint density at radius 2 is 1.48 bits per heavy atom. The van der Waals surface area contributed by atoms with E-state index in [0.717, 1.165) is 9.79 Å². The van der Waals surface area contributed by atoms with Crippen molar-refractivity contribution >= 4 is 33.4 Å². The highest BCUT2D eigenvalue weighted by atomic mass is 32.2. The lowest BCUT2D eigenvalue weighted by molar-refractivity contribution is -0.116. The molecule has 29 heavy (non-hydrogen) atoms. The number of anilines is 1. The fraction of sp³-hybridized carbons (Fsp3) is 0.136. The minimum atomic E-state index is -3.73. The van der Waals surface area contributed by atoms with Crippen molar-refractivity contribution in [3.63, 3.8) is 0 Å². The number of para-hydroxylation sites is 1. The maximum absolute atomic E-state index is 12.8. The van der Waals surface area contributed by atoms with E-state index in [2.05, 4.69) is 5.32 Å². The highest BCUT2D eigenvalue weighted by Crippen LogP contribution is 2.33. The first kappa shape index (κ1) is 21.1. The van der Waals surface area contributed by atoms with Crippen LogP contribution in [-0.2, 0) is 14.8 Å². The zero-order valence-electron chi connectivity index (χ0n) is 16.0. The van der Waals surface area contributed by atoms with Gasteiger partial charge in [-0.3, -0.25) is 4.79 Å². The van der Waals surface area contributed by atoms with Crippen LogP contribution in [0.4, 0.5) is 5.69 Å². The zero-order chi connectivity index (χ0) is 20.7. The standard InChI is InChI=1S/C22H22N2O3S2/c1-2-24(29(26,27)19-13-7-4-8-14-19)17-22(25)23-20-15-9-10-16-21(20)28-18-11-5-3-6-12-18/h3-16H,2,17H2,1H3,(H,23,25). The molecule has 0 saturated heterocycles. The Hall–Kier alpha value is -2.61. The van der Waals surface area contributed by atoms with E-state index in [-0.39, 0.29) is 23.9 Å². The van der Waals surface area contributed by atoms with E-state index in [1.165, 1.54) is 28.2 Å². The summed E-state index contributed by atoms with van der Waals surface area (Å²) in [5, 5.41) is 2.85. The Morgan fingerprint density at radius 3 is 2.14 bits per heavy atom. The highest BCUT2D eigenvalue weighted by molar-refractivity contribution is 7.99. The third kappa shape index (κ3) is 5.47. The van der Waals surface area contributed by atoms with Gasteiger partial charge in [0.25, 0.3) is 0 Å². The Balaban J connectivity index is 1.73. The molecule has 3 aromatic rings. The number of carbonyl (C=O) groups is 1. The molecule has 1 N–H and O–H groups in total. The van der Waals surface area contributed by atoms with Crippen LogP contribution in [0.3, 0.4) is 0 Å². The Morgan fingerprint density at radius 1 is 0.897 bits per heavy atom. The van der Waals surface area contributed by atoms with Crippen LogP contribution in [0.25, 0.3) is 0 Å². The summed E-state index contributed by atoms with van der Waals surface area (Å²) in [6, 6.07) is 25.5. The van der Waals surface area contributed by atoms with Gasteiger partial charge in [-0.2, -0.15) is 4.31 Å². The molecule has 0 heterocycles. The number of nitrogens with zero attached hydrogens (tertiary/aromatic N) is 1. The third-order valence-electron chi connectivity index (χ3n) is 4.19. The molecule has 0 saturated carbocycles. The van der Waals surface area contributed by atoms with Crippen molar-refractivity contribution < 1.29 is 13.2 Å². The van der Waals surface area contributed by atoms with Gasteiger partial charge < -0.3 is 5.32 Å². The SMILES string of the molecule is CCN(CC(=O)Nc1ccccc1Sc1ccccc1)S(=O)(=O)c1ccccc1. The predicted molar refractivity (Wildman–Crippen MR) is 117 cm³/mol. The van der Waals surface area contributed by atoms with E-state index < -0.39 is 10.0 Å². The molecule has 0 atom stereocenters. The lowest BCUT2D eigenvalue weighted by Gasteiger charge is -2.20. The fourth-order valence-corrected chi connectivity index (χ4v) is 5.08. The average Bonchev–Trinajstić information content (AvgIpc) is 2.74. The first-order valence-electron chi connectivity index (χ1n) is 9.17. The summed E-state index contributed by atoms with van der Waals surface area (Å²) in [5.41, 5.74) is 0.652. The van der Waals surface area contributed by atoms with Crippen LogP contribution in [0.5, 0.6) is 0 Å². The number of carbonyl (C=O) groups excluding carboxylic acids is 1. The average molecular weight is 427 g/mol. The fourth-order valence-electron chi connectivity index (χ4n) is 2.73. The molecule has 7 heteroatoms. The van der Waals surface area contributed by atoms with Crippen molar-refractivity contribution in [2.45, 2.75) is 21.6 Å². The predicted octanol–water partition coefficient (Wildman–Crippen LogP) is 4.49. The third-order valence-corrected chi connectivity index (χ3v) is 7.20. The van der Waals surface area contributed by atoms with E-state index in [4.69, 9.17) is 0 Å². The number of likely N-dealkylation sites (N-methyl/N-ethyl adjacent to an activating group) is 1. The van der Waals surface area contributed by atoms with Crippen molar-refractivity contribution in [2.24, 2.45) is 0 Å². The normalized spacial score (nSPS) is 11.4. The van der Waals surface area contributed by atoms with Crippen molar-refractivity contribution in [3.8, 4) is 0 Å². The summed E-state index contributed by atoms with van der Waals surface area (Å²) in [6.45, 7) is 1.66. The molecule has 150 valence electrons. The van der Waals surface area contributed by atoms with Crippen LogP contribution in [0.2, 0.25) is 0 Å². The summed E-state index contributed by atoms with van der Waals surface area (Å²) in [4.78, 5) is 14.8. The Bertz CT molecular complexity index is 1060. The number of sulfonamides is 1. The second-order valence-electron chi connectivity index (χ2n) is 6.20. The number of amides is 1. The van der Waals surface area contributed by atoms with E-state index in [1.54, 1.807) is 25.1 Å². The maximum atomic E-state index is 12.8. The van der Waals surface area contributed by atoms with Crippen molar-refractivity contribution in [2.75, 3.05) is 18.4 Å². The molecule has 0 aliphatic rings. The van der Waals surface area contributed by atoms with Crippen molar-refractivity contribution in [3.05, 3.63) is 84.9 Å². The van der Waals surface area contributed by atoms with Crippen LogP contribution < -0.4 is 5.32 Å². The lowest BCUT2D eigenvalue weighted by atomic mass is 10.3. The molecular weight excluding hydrogens is 404 g/mol. The summed E-state index contributed by atoms with van der Waals surface area (Å²) in [5.74, 6) is -0.382. The molecule has 0 aliphatic carbocycles. The highest BCUT2D eigenvalue weighted by Gasteiger charge is 2.25. The summed E-state index contributed by atoms with van der Waals surface area (Å²) in [6.07, 6.45) is 0. The molecule has 0 fully saturated rings. The summed E-state index contributed by atoms with van der Waals surface area (Å²) < 4.78 is 26.8. The molecule has 0 bridgehead atoms. The largest absolute Gasteiger partial charge is 0.324 e. The van der Waals surface area contributed by atoms with Gasteiger partial charge in [0.05, 0.1) is 17.1 Å². The van der Waals surface area contributed by atoms with E-state index >= 15 is 0 Å². The second-order valence-corrected chi connectivity index (χ2v) is 9.26. The lowest BCUT2D eigenvalue weighted by Crippen LogP contribution is -2.37. The van der Waals surface area contributed by atoms with Gasteiger partial charge in [-0.15, -0.1) is 0 Å². The molecule has 5 nitrogen and oxygen atoms in total. The van der Waals surface area contributed by atoms with Gasteiger partial charge in [0.1, 0.15) is 0 Å². The molecule has 0 aromatic heterocycles. The van der Waals surface area contributed by atoms with Gasteiger partial charge in [-0.25, -0.2) is 8.42 Å². The number of hydrogen-bond acceptors (Lipinski definition) is 4. The van der Waals surface area contributed by atoms with Gasteiger partial charge in [0, 0.05) is 16.3 Å². The molecule has 0 aliphatic heterocycles. The topological polar surface area (TPSA) is 66.5 Å². The number of rotatable bonds is 8. The number of hydrogen-bond donors (Lipinski definition) is 1. The number of benzene rings is 3. The minimum absolute atomic E-state index is 0.176. The first-order chi connectivity index (χ1) is 14.0. The first-order valence-corrected chi connectivity index (χ1v) is 11.4. The van der Waals surface area contributed by atoms with E-state index in [0.29, 0.717) is 5.69 Å². The van der Waals surface area contributed by atoms with E-state index in [9.17, 15) is 13.2 Å². The monoisotopic (exact) mass is 426 g/mol. The van der Waals surface area contributed by atoms with Gasteiger partial charge in [0.2, 0.25) is 15.9 Å². The summed E-state index contributed by atoms with van der Waals surface area (Å²) in [7, 11) is -3.73. The molecule has 0 radical (unpaired) electrons. The van der Waals surface area contributed by atoms with Gasteiger partial charge in [-0.1, -0.05) is 67.2 Å². The Labute approximate surface area is 175 Å². The van der Waals surface area contributed by atoms with Gasteiger partial charge >= 0.3 is 0 Å². The smallest absolute Gasteiger partial charge is 0.243 e. The molecule has 0 spiro atoms. The van der Waals surface area contributed by atoms with Crippen LogP contribution >= 0.6 is 11.8 Å². The molecule has 3 aromatic carbocycles. The van der Waals surface area contributed by atoms with E-state index in [1.807, 2.05) is 54.6 Å². The molecule has 3 rings (SSSR count). The maximum Gasteiger partial charge on any atom is 0.243 e. The van der Waals surface area contributed by atoms with Crippen LogP contribution in [0.15, 0.2) is 99.6 Å². The molecule has 0 unspecified atom stereocenters. The second kappa shape index (κ2) is 9.73.